The maximum absolute atomic E-state index is 9.16. The van der Waals surface area contributed by atoms with Crippen LogP contribution in [-0.2, 0) is 13.6 Å². The number of nitriles is 1. The zero-order valence-electron chi connectivity index (χ0n) is 10.1. The highest BCUT2D eigenvalue weighted by Gasteiger charge is 2.16. The maximum Gasteiger partial charge on any atom is 0.145 e. The average Bonchev–Trinajstić information content (AvgIpc) is 2.85. The molecular weight excluding hydrogens is 232 g/mol. The van der Waals surface area contributed by atoms with Crippen LogP contribution in [0, 0.1) is 18.3 Å². The second-order valence-corrected chi connectivity index (χ2v) is 4.99. The fraction of sp³-hybridized carbons (Fsp3) is 0.333. The normalized spacial score (nSPS) is 10.2. The second-order valence-electron chi connectivity index (χ2n) is 3.95. The molecule has 2 aromatic heterocycles. The molecule has 0 saturated heterocycles. The molecule has 88 valence electrons. The number of anilines is 1. The molecule has 0 fully saturated rings. The molecule has 4 nitrogen and oxygen atoms in total. The van der Waals surface area contributed by atoms with Gasteiger partial charge < -0.3 is 4.90 Å². The van der Waals surface area contributed by atoms with Gasteiger partial charge in [-0.05, 0) is 18.4 Å². The molecule has 0 aliphatic carbocycles. The Bertz CT molecular complexity index is 548. The molecule has 0 saturated carbocycles. The minimum atomic E-state index is 0.659. The summed E-state index contributed by atoms with van der Waals surface area (Å²) in [7, 11) is 3.85. The van der Waals surface area contributed by atoms with Gasteiger partial charge in [0.05, 0.1) is 12.2 Å². The third-order valence-electron chi connectivity index (χ3n) is 2.64. The second kappa shape index (κ2) is 4.60. The molecule has 2 aromatic rings. The average molecular weight is 246 g/mol. The molecule has 0 unspecified atom stereocenters. The van der Waals surface area contributed by atoms with Crippen molar-refractivity contribution in [1.29, 1.82) is 5.26 Å². The Hall–Kier alpha value is -1.80. The van der Waals surface area contributed by atoms with Crippen LogP contribution in [0.2, 0.25) is 0 Å². The quantitative estimate of drug-likeness (QED) is 0.834. The number of hydrogen-bond acceptors (Lipinski definition) is 4. The van der Waals surface area contributed by atoms with Crippen molar-refractivity contribution in [1.82, 2.24) is 9.78 Å². The fourth-order valence-corrected chi connectivity index (χ4v) is 2.68. The van der Waals surface area contributed by atoms with Crippen molar-refractivity contribution < 1.29 is 0 Å². The largest absolute Gasteiger partial charge is 0.354 e. The highest BCUT2D eigenvalue weighted by Crippen LogP contribution is 2.23. The van der Waals surface area contributed by atoms with Crippen molar-refractivity contribution in [3.63, 3.8) is 0 Å². The molecule has 0 spiro atoms. The third kappa shape index (κ3) is 2.17. The number of thiophene rings is 1. The zero-order valence-corrected chi connectivity index (χ0v) is 11.0. The van der Waals surface area contributed by atoms with E-state index in [2.05, 4.69) is 27.5 Å². The van der Waals surface area contributed by atoms with Gasteiger partial charge in [0.1, 0.15) is 17.5 Å². The summed E-state index contributed by atoms with van der Waals surface area (Å²) in [6.07, 6.45) is 0. The number of rotatable bonds is 3. The highest BCUT2D eigenvalue weighted by molar-refractivity contribution is 7.09. The predicted octanol–water partition coefficient (Wildman–Crippen LogP) is 2.30. The Labute approximate surface area is 105 Å². The van der Waals surface area contributed by atoms with Gasteiger partial charge in [-0.2, -0.15) is 10.4 Å². The van der Waals surface area contributed by atoms with Gasteiger partial charge in [-0.25, -0.2) is 0 Å². The van der Waals surface area contributed by atoms with Crippen molar-refractivity contribution in [2.24, 2.45) is 7.05 Å². The molecule has 0 amide bonds. The standard InChI is InChI=1S/C12H14N4S/c1-9-11(7-13)12(16(3)14-9)15(2)8-10-5-4-6-17-10/h4-6H,8H2,1-3H3. The first kappa shape index (κ1) is 11.7. The van der Waals surface area contributed by atoms with Gasteiger partial charge in [-0.3, -0.25) is 4.68 Å². The van der Waals surface area contributed by atoms with E-state index in [9.17, 15) is 0 Å². The smallest absolute Gasteiger partial charge is 0.145 e. The lowest BCUT2D eigenvalue weighted by atomic mass is 10.2. The van der Waals surface area contributed by atoms with E-state index in [1.54, 1.807) is 16.0 Å². The Morgan fingerprint density at radius 3 is 2.94 bits per heavy atom. The minimum absolute atomic E-state index is 0.659. The lowest BCUT2D eigenvalue weighted by molar-refractivity contribution is 0.728. The Morgan fingerprint density at radius 2 is 2.35 bits per heavy atom. The molecule has 2 rings (SSSR count). The van der Waals surface area contributed by atoms with Crippen LogP contribution in [0.1, 0.15) is 16.1 Å². The summed E-state index contributed by atoms with van der Waals surface area (Å²) in [5, 5.41) is 15.5. The van der Waals surface area contributed by atoms with Gasteiger partial charge in [-0.1, -0.05) is 6.07 Å². The van der Waals surface area contributed by atoms with Crippen LogP contribution in [-0.4, -0.2) is 16.8 Å². The molecular formula is C12H14N4S. The molecule has 0 atom stereocenters. The predicted molar refractivity (Wildman–Crippen MR) is 69.1 cm³/mol. The summed E-state index contributed by atoms with van der Waals surface area (Å²) >= 11 is 1.72. The van der Waals surface area contributed by atoms with Gasteiger partial charge >= 0.3 is 0 Å². The van der Waals surface area contributed by atoms with E-state index in [0.29, 0.717) is 5.56 Å². The molecule has 2 heterocycles. The first-order valence-corrected chi connectivity index (χ1v) is 6.18. The maximum atomic E-state index is 9.16. The Kier molecular flexibility index (Phi) is 3.16. The number of aryl methyl sites for hydroxylation is 2. The van der Waals surface area contributed by atoms with E-state index in [4.69, 9.17) is 5.26 Å². The summed E-state index contributed by atoms with van der Waals surface area (Å²) in [6.45, 7) is 2.66. The summed E-state index contributed by atoms with van der Waals surface area (Å²) in [5.41, 5.74) is 1.44. The van der Waals surface area contributed by atoms with Crippen LogP contribution in [0.25, 0.3) is 0 Å². The lowest BCUT2D eigenvalue weighted by Crippen LogP contribution is -2.19. The van der Waals surface area contributed by atoms with Crippen LogP contribution in [0.5, 0.6) is 0 Å². The summed E-state index contributed by atoms with van der Waals surface area (Å²) in [6, 6.07) is 6.35. The molecule has 0 aliphatic heterocycles. The monoisotopic (exact) mass is 246 g/mol. The summed E-state index contributed by atoms with van der Waals surface area (Å²) in [5.74, 6) is 0.874. The van der Waals surface area contributed by atoms with Crippen molar-refractivity contribution in [3.8, 4) is 6.07 Å². The van der Waals surface area contributed by atoms with Crippen molar-refractivity contribution in [2.75, 3.05) is 11.9 Å². The van der Waals surface area contributed by atoms with E-state index in [1.807, 2.05) is 27.1 Å². The SMILES string of the molecule is Cc1nn(C)c(N(C)Cc2cccs2)c1C#N. The van der Waals surface area contributed by atoms with E-state index >= 15 is 0 Å². The van der Waals surface area contributed by atoms with E-state index in [-0.39, 0.29) is 0 Å². The van der Waals surface area contributed by atoms with Gasteiger partial charge in [0.15, 0.2) is 0 Å². The molecule has 0 N–H and O–H groups in total. The number of nitrogens with zero attached hydrogens (tertiary/aromatic N) is 4. The molecule has 0 aromatic carbocycles. The van der Waals surface area contributed by atoms with E-state index in [0.717, 1.165) is 18.1 Å². The van der Waals surface area contributed by atoms with Crippen molar-refractivity contribution >= 4 is 17.2 Å². The van der Waals surface area contributed by atoms with E-state index in [1.165, 1.54) is 4.88 Å². The Balaban J connectivity index is 2.31. The zero-order chi connectivity index (χ0) is 12.4. The van der Waals surface area contributed by atoms with Crippen LogP contribution >= 0.6 is 11.3 Å². The number of aromatic nitrogens is 2. The molecule has 0 bridgehead atoms. The molecule has 0 radical (unpaired) electrons. The first-order chi connectivity index (χ1) is 8.13. The highest BCUT2D eigenvalue weighted by atomic mass is 32.1. The van der Waals surface area contributed by atoms with E-state index < -0.39 is 0 Å². The van der Waals surface area contributed by atoms with Gasteiger partial charge in [0.25, 0.3) is 0 Å². The topological polar surface area (TPSA) is 44.9 Å². The fourth-order valence-electron chi connectivity index (χ4n) is 1.93. The summed E-state index contributed by atoms with van der Waals surface area (Å²) in [4.78, 5) is 3.33. The third-order valence-corrected chi connectivity index (χ3v) is 3.50. The van der Waals surface area contributed by atoms with Gasteiger partial charge in [0.2, 0.25) is 0 Å². The molecule has 5 heteroatoms. The van der Waals surface area contributed by atoms with Crippen LogP contribution in [0.4, 0.5) is 5.82 Å². The van der Waals surface area contributed by atoms with Crippen LogP contribution < -0.4 is 4.90 Å². The first-order valence-electron chi connectivity index (χ1n) is 5.30. The van der Waals surface area contributed by atoms with Gasteiger partial charge in [-0.15, -0.1) is 11.3 Å². The van der Waals surface area contributed by atoms with Crippen molar-refractivity contribution in [2.45, 2.75) is 13.5 Å². The summed E-state index contributed by atoms with van der Waals surface area (Å²) < 4.78 is 1.77. The van der Waals surface area contributed by atoms with Crippen LogP contribution in [0.15, 0.2) is 17.5 Å². The Morgan fingerprint density at radius 1 is 1.59 bits per heavy atom. The number of hydrogen-bond donors (Lipinski definition) is 0. The molecule has 0 aliphatic rings. The van der Waals surface area contributed by atoms with Crippen molar-refractivity contribution in [3.05, 3.63) is 33.6 Å². The van der Waals surface area contributed by atoms with Crippen LogP contribution in [0.3, 0.4) is 0 Å². The van der Waals surface area contributed by atoms with Gasteiger partial charge in [0, 0.05) is 19.0 Å². The molecule has 17 heavy (non-hydrogen) atoms. The lowest BCUT2D eigenvalue weighted by Gasteiger charge is -2.18. The minimum Gasteiger partial charge on any atom is -0.354 e.